The average molecular weight is 809 g/mol. The zero-order chi connectivity index (χ0) is 37.8. The summed E-state index contributed by atoms with van der Waals surface area (Å²) in [6.45, 7) is 6.49. The van der Waals surface area contributed by atoms with E-state index in [4.69, 9.17) is 9.47 Å². The van der Waals surface area contributed by atoms with E-state index in [-0.39, 0.29) is 42.4 Å². The van der Waals surface area contributed by atoms with Crippen molar-refractivity contribution in [1.82, 2.24) is 15.0 Å². The van der Waals surface area contributed by atoms with Gasteiger partial charge < -0.3 is 24.3 Å². The number of aliphatic hydroxyl groups is 1. The Hall–Kier alpha value is -4.66. The van der Waals surface area contributed by atoms with Crippen LogP contribution in [0.2, 0.25) is 18.6 Å². The molecule has 3 aliphatic heterocycles. The van der Waals surface area contributed by atoms with Crippen LogP contribution in [-0.4, -0.2) is 64.3 Å². The molecule has 3 aliphatic rings. The zero-order valence-corrected chi connectivity index (χ0v) is 32.9. The van der Waals surface area contributed by atoms with E-state index in [9.17, 15) is 19.5 Å². The molecule has 1 unspecified atom stereocenters. The summed E-state index contributed by atoms with van der Waals surface area (Å²) in [5.41, 5.74) is 3.92. The largest absolute Gasteiger partial charge is 0.482 e. The number of para-hydroxylation sites is 2. The lowest BCUT2D eigenvalue weighted by molar-refractivity contribution is -0.146. The molecule has 13 heteroatoms. The molecule has 1 spiro atoms. The fourth-order valence-electron chi connectivity index (χ4n) is 8.69. The molecular formula is C41H42BrN5O6Si. The van der Waals surface area contributed by atoms with Crippen molar-refractivity contribution in [3.05, 3.63) is 130 Å². The number of hydrogen-bond donors (Lipinski definition) is 2. The predicted octanol–water partition coefficient (Wildman–Crippen LogP) is 6.66. The molecule has 2 N–H and O–H groups in total. The van der Waals surface area contributed by atoms with E-state index in [2.05, 4.69) is 26.2 Å². The molecular weight excluding hydrogens is 766 g/mol. The number of carbonyl (C=O) groups excluding carboxylic acids is 2. The summed E-state index contributed by atoms with van der Waals surface area (Å²) >= 11 is 3.65. The molecule has 5 atom stereocenters. The fraction of sp³-hybridized carbons (Fsp3) is 0.317. The van der Waals surface area contributed by atoms with Crippen LogP contribution in [-0.2, 0) is 33.0 Å². The molecule has 4 heterocycles. The Morgan fingerprint density at radius 2 is 1.72 bits per heavy atom. The number of aliphatic hydroxyl groups excluding tert-OH is 1. The second-order valence-electron chi connectivity index (χ2n) is 14.9. The summed E-state index contributed by atoms with van der Waals surface area (Å²) in [7, 11) is -2.89. The van der Waals surface area contributed by atoms with Gasteiger partial charge in [-0.25, -0.2) is 0 Å². The molecule has 11 nitrogen and oxygen atoms in total. The summed E-state index contributed by atoms with van der Waals surface area (Å²) in [6, 6.07) is 30.7. The average Bonchev–Trinajstić information content (AvgIpc) is 3.82. The molecule has 0 radical (unpaired) electrons. The number of amides is 2. The third-order valence-electron chi connectivity index (χ3n) is 11.1. The first kappa shape index (κ1) is 36.3. The van der Waals surface area contributed by atoms with E-state index in [1.165, 1.54) is 0 Å². The first-order valence-corrected chi connectivity index (χ1v) is 22.0. The Balaban J connectivity index is 1.06. The van der Waals surface area contributed by atoms with Gasteiger partial charge >= 0.3 is 0 Å². The number of hydrogen-bond acceptors (Lipinski definition) is 8. The summed E-state index contributed by atoms with van der Waals surface area (Å²) in [6.07, 6.45) is 1.94. The number of aryl methyl sites for hydroxylation is 1. The van der Waals surface area contributed by atoms with E-state index in [0.29, 0.717) is 42.3 Å². The Morgan fingerprint density at radius 3 is 2.46 bits per heavy atom. The molecule has 4 aromatic carbocycles. The highest BCUT2D eigenvalue weighted by atomic mass is 79.9. The van der Waals surface area contributed by atoms with Crippen LogP contribution in [0.25, 0.3) is 0 Å². The van der Waals surface area contributed by atoms with Crippen molar-refractivity contribution in [3.63, 3.8) is 0 Å². The summed E-state index contributed by atoms with van der Waals surface area (Å²) in [5, 5.41) is 19.0. The van der Waals surface area contributed by atoms with Gasteiger partial charge in [0.05, 0.1) is 42.2 Å². The number of carbonyl (C=O) groups is 2. The molecule has 1 saturated heterocycles. The van der Waals surface area contributed by atoms with E-state index in [1.54, 1.807) is 14.5 Å². The Morgan fingerprint density at radius 1 is 0.981 bits per heavy atom. The van der Waals surface area contributed by atoms with Crippen molar-refractivity contribution in [2.75, 3.05) is 23.0 Å². The fourth-order valence-corrected chi connectivity index (χ4v) is 11.7. The van der Waals surface area contributed by atoms with Crippen molar-refractivity contribution in [2.24, 2.45) is 5.92 Å². The molecule has 278 valence electrons. The highest BCUT2D eigenvalue weighted by molar-refractivity contribution is 9.10. The summed E-state index contributed by atoms with van der Waals surface area (Å²) < 4.78 is 15.3. The maximum atomic E-state index is 14.9. The lowest BCUT2D eigenvalue weighted by Crippen LogP contribution is -2.46. The minimum atomic E-state index is -2.89. The Labute approximate surface area is 323 Å². The number of anilines is 3. The van der Waals surface area contributed by atoms with E-state index in [0.717, 1.165) is 26.9 Å². The standard InChI is InChI=1S/C41H42BrN5O6Si/c1-26-39(54(2,3)51)37(19-20-45-23-33(43-44-45)31(24-48)28-9-5-4-6-10-28)53-41(26)32-21-29(42)15-18-34(32)46(40(41)50)22-27-13-16-30(17-14-27)47-35-11-7-8-12-36(35)52-25-38(47)49/h4-18,21,23,26,31,37,39,48,51H,19-20,22,24-25H2,1-3H3/t26-,31?,37+,39-,41+/m0/s1. The van der Waals surface area contributed by atoms with Gasteiger partial charge in [0, 0.05) is 39.9 Å². The van der Waals surface area contributed by atoms with Crippen LogP contribution >= 0.6 is 15.9 Å². The monoisotopic (exact) mass is 807 g/mol. The Bertz CT molecular complexity index is 2190. The van der Waals surface area contributed by atoms with Crippen LogP contribution in [0.3, 0.4) is 0 Å². The maximum Gasteiger partial charge on any atom is 0.269 e. The van der Waals surface area contributed by atoms with Crippen LogP contribution < -0.4 is 14.5 Å². The number of halogens is 1. The molecule has 2 amide bonds. The van der Waals surface area contributed by atoms with Crippen LogP contribution in [0.4, 0.5) is 17.1 Å². The highest BCUT2D eigenvalue weighted by Crippen LogP contribution is 2.60. The maximum absolute atomic E-state index is 14.9. The molecule has 1 fully saturated rings. The van der Waals surface area contributed by atoms with Crippen molar-refractivity contribution >= 4 is 53.1 Å². The second-order valence-corrected chi connectivity index (χ2v) is 19.8. The van der Waals surface area contributed by atoms with Gasteiger partial charge in [0.15, 0.2) is 20.5 Å². The molecule has 0 saturated carbocycles. The number of benzene rings is 4. The van der Waals surface area contributed by atoms with Crippen LogP contribution in [0.1, 0.15) is 41.6 Å². The van der Waals surface area contributed by atoms with E-state index < -0.39 is 20.0 Å². The minimum absolute atomic E-state index is 0.0402. The summed E-state index contributed by atoms with van der Waals surface area (Å²) in [4.78, 5) is 43.1. The van der Waals surface area contributed by atoms with Crippen molar-refractivity contribution in [1.29, 1.82) is 0 Å². The first-order chi connectivity index (χ1) is 26.0. The SMILES string of the molecule is C[C@H]1[C@H]([Si](C)(C)O)[C@@H](CCn2cc(C(CO)c3ccccc3)nn2)O[C@]12C(=O)N(Cc1ccc(N3C(=O)COc4ccccc43)cc1)c1ccc(Br)cc12. The highest BCUT2D eigenvalue weighted by Gasteiger charge is 2.66. The van der Waals surface area contributed by atoms with Crippen LogP contribution in [0, 0.1) is 5.92 Å². The Kier molecular flexibility index (Phi) is 9.55. The van der Waals surface area contributed by atoms with E-state index in [1.807, 2.05) is 123 Å². The summed E-state index contributed by atoms with van der Waals surface area (Å²) in [5.74, 6) is -0.285. The lowest BCUT2D eigenvalue weighted by atomic mass is 9.82. The minimum Gasteiger partial charge on any atom is -0.482 e. The van der Waals surface area contributed by atoms with Gasteiger partial charge in [-0.3, -0.25) is 19.2 Å². The second kappa shape index (κ2) is 14.2. The molecule has 1 aromatic heterocycles. The third-order valence-corrected chi connectivity index (χ3v) is 14.1. The molecule has 8 rings (SSSR count). The van der Waals surface area contributed by atoms with E-state index >= 15 is 0 Å². The number of aromatic nitrogens is 3. The van der Waals surface area contributed by atoms with Crippen LogP contribution in [0.15, 0.2) is 108 Å². The number of nitrogens with zero attached hydrogens (tertiary/aromatic N) is 5. The third kappa shape index (κ3) is 6.27. The number of rotatable bonds is 10. The molecule has 54 heavy (non-hydrogen) atoms. The first-order valence-electron chi connectivity index (χ1n) is 18.2. The van der Waals surface area contributed by atoms with Crippen molar-refractivity contribution in [2.45, 2.75) is 62.7 Å². The molecule has 5 aromatic rings. The van der Waals surface area contributed by atoms with Gasteiger partial charge in [-0.2, -0.15) is 0 Å². The lowest BCUT2D eigenvalue weighted by Gasteiger charge is -2.32. The topological polar surface area (TPSA) is 130 Å². The van der Waals surface area contributed by atoms with Gasteiger partial charge in [-0.1, -0.05) is 82.7 Å². The van der Waals surface area contributed by atoms with Crippen molar-refractivity contribution < 1.29 is 29.0 Å². The number of fused-ring (bicyclic) bond motifs is 3. The zero-order valence-electron chi connectivity index (χ0n) is 30.3. The number of ether oxygens (including phenoxy) is 2. The predicted molar refractivity (Wildman–Crippen MR) is 210 cm³/mol. The van der Waals surface area contributed by atoms with Gasteiger partial charge in [-0.15, -0.1) is 5.10 Å². The van der Waals surface area contributed by atoms with Gasteiger partial charge in [0.1, 0.15) is 5.75 Å². The van der Waals surface area contributed by atoms with Gasteiger partial charge in [0.25, 0.3) is 11.8 Å². The molecule has 0 bridgehead atoms. The van der Waals surface area contributed by atoms with Gasteiger partial charge in [0.2, 0.25) is 0 Å². The normalized spacial score (nSPS) is 22.7. The smallest absolute Gasteiger partial charge is 0.269 e. The quantitative estimate of drug-likeness (QED) is 0.150. The van der Waals surface area contributed by atoms with Crippen LogP contribution in [0.5, 0.6) is 5.75 Å². The van der Waals surface area contributed by atoms with Gasteiger partial charge in [-0.05, 0) is 73.1 Å². The molecule has 0 aliphatic carbocycles. The van der Waals surface area contributed by atoms with Crippen molar-refractivity contribution in [3.8, 4) is 5.75 Å².